The summed E-state index contributed by atoms with van der Waals surface area (Å²) in [6.07, 6.45) is -7.15. The Kier molecular flexibility index (Phi) is 9.62. The summed E-state index contributed by atoms with van der Waals surface area (Å²) in [5.41, 5.74) is -1.54. The fraction of sp³-hybridized carbons (Fsp3) is 0.895. The fourth-order valence-electron chi connectivity index (χ4n) is 3.14. The topological polar surface area (TPSA) is 116 Å². The van der Waals surface area contributed by atoms with Gasteiger partial charge in [0.05, 0.1) is 12.5 Å². The highest BCUT2D eigenvalue weighted by atomic mass is 32.2. The monoisotopic (exact) mass is 548 g/mol. The molecule has 0 radical (unpaired) electrons. The minimum Gasteiger partial charge on any atom is -0.455 e. The molecule has 0 saturated heterocycles. The van der Waals surface area contributed by atoms with Gasteiger partial charge in [-0.2, -0.15) is 39.2 Å². The van der Waals surface area contributed by atoms with Gasteiger partial charge in [-0.15, -0.1) is 0 Å². The Morgan fingerprint density at radius 1 is 0.914 bits per heavy atom. The molecule has 1 aliphatic carbocycles. The van der Waals surface area contributed by atoms with Crippen LogP contribution in [0.15, 0.2) is 0 Å². The summed E-state index contributed by atoms with van der Waals surface area (Å²) in [6, 6.07) is 0. The van der Waals surface area contributed by atoms with Gasteiger partial charge < -0.3 is 14.2 Å². The third kappa shape index (κ3) is 7.65. The van der Waals surface area contributed by atoms with Gasteiger partial charge in [0.25, 0.3) is 0 Å². The van der Waals surface area contributed by atoms with E-state index in [0.717, 1.165) is 6.42 Å². The number of alkyl halides is 7. The quantitative estimate of drug-likeness (QED) is 0.138. The first-order valence-electron chi connectivity index (χ1n) is 10.5. The van der Waals surface area contributed by atoms with Gasteiger partial charge in [0.15, 0.2) is 0 Å². The molecule has 0 heterocycles. The van der Waals surface area contributed by atoms with Crippen molar-refractivity contribution in [2.45, 2.75) is 94.5 Å². The average molecular weight is 548 g/mol. The zero-order chi connectivity index (χ0) is 27.5. The molecule has 1 saturated carbocycles. The highest BCUT2D eigenvalue weighted by Gasteiger charge is 2.69. The molecule has 16 heteroatoms. The van der Waals surface area contributed by atoms with Crippen LogP contribution in [0.2, 0.25) is 0 Å². The van der Waals surface area contributed by atoms with Crippen LogP contribution in [0, 0.1) is 5.92 Å². The second-order valence-corrected chi connectivity index (χ2v) is 10.5. The van der Waals surface area contributed by atoms with E-state index >= 15 is 0 Å². The van der Waals surface area contributed by atoms with Crippen molar-refractivity contribution in [2.24, 2.45) is 5.92 Å². The Balaban J connectivity index is 3.18. The zero-order valence-electron chi connectivity index (χ0n) is 19.1. The number of hydrogen-bond donors (Lipinski definition) is 1. The number of hydrogen-bond acceptors (Lipinski definition) is 7. The van der Waals surface area contributed by atoms with E-state index in [0.29, 0.717) is 12.8 Å². The normalized spacial score (nSPS) is 18.6. The van der Waals surface area contributed by atoms with Gasteiger partial charge in [-0.1, -0.05) is 19.3 Å². The molecule has 8 nitrogen and oxygen atoms in total. The average Bonchev–Trinajstić information content (AvgIpc) is 2.67. The largest absolute Gasteiger partial charge is 0.468 e. The number of rotatable bonds is 10. The zero-order valence-corrected chi connectivity index (χ0v) is 19.9. The van der Waals surface area contributed by atoms with Crippen molar-refractivity contribution in [1.29, 1.82) is 0 Å². The third-order valence-electron chi connectivity index (χ3n) is 4.91. The maximum Gasteiger partial charge on any atom is 0.468 e. The van der Waals surface area contributed by atoms with Crippen LogP contribution in [-0.4, -0.2) is 60.3 Å². The van der Waals surface area contributed by atoms with Gasteiger partial charge in [0, 0.05) is 6.42 Å². The molecule has 1 N–H and O–H groups in total. The van der Waals surface area contributed by atoms with E-state index in [1.807, 2.05) is 0 Å². The maximum atomic E-state index is 14.1. The third-order valence-corrected chi connectivity index (χ3v) is 5.86. The van der Waals surface area contributed by atoms with Crippen LogP contribution in [0.4, 0.5) is 30.7 Å². The number of carbonyl (C=O) groups excluding carboxylic acids is 2. The van der Waals surface area contributed by atoms with E-state index in [4.69, 9.17) is 4.55 Å². The van der Waals surface area contributed by atoms with E-state index in [1.54, 1.807) is 0 Å². The first-order valence-corrected chi connectivity index (χ1v) is 11.9. The van der Waals surface area contributed by atoms with Gasteiger partial charge in [0.1, 0.15) is 5.60 Å². The Bertz CT molecular complexity index is 861. The van der Waals surface area contributed by atoms with E-state index in [2.05, 4.69) is 14.2 Å². The van der Waals surface area contributed by atoms with Crippen molar-refractivity contribution in [3.63, 3.8) is 0 Å². The van der Waals surface area contributed by atoms with E-state index in [9.17, 15) is 48.7 Å². The van der Waals surface area contributed by atoms with Gasteiger partial charge in [-0.25, -0.2) is 4.79 Å². The number of esters is 2. The molecule has 1 fully saturated rings. The highest BCUT2D eigenvalue weighted by Crippen LogP contribution is 2.43. The second kappa shape index (κ2) is 10.7. The maximum absolute atomic E-state index is 14.1. The number of carbonyl (C=O) groups is 2. The van der Waals surface area contributed by atoms with Crippen molar-refractivity contribution < 1.29 is 67.5 Å². The van der Waals surface area contributed by atoms with Crippen molar-refractivity contribution >= 4 is 22.1 Å². The molecule has 1 rings (SSSR count). The summed E-state index contributed by atoms with van der Waals surface area (Å²) < 4.78 is 139. The van der Waals surface area contributed by atoms with Crippen LogP contribution >= 0.6 is 0 Å². The molecular formula is C19H27F7O8S. The summed E-state index contributed by atoms with van der Waals surface area (Å²) in [4.78, 5) is 24.9. The number of ether oxygens (including phenoxy) is 3. The molecule has 0 aliphatic heterocycles. The van der Waals surface area contributed by atoms with Gasteiger partial charge in [-0.3, -0.25) is 9.35 Å². The molecule has 35 heavy (non-hydrogen) atoms. The summed E-state index contributed by atoms with van der Waals surface area (Å²) >= 11 is 0. The Morgan fingerprint density at radius 2 is 1.43 bits per heavy atom. The smallest absolute Gasteiger partial charge is 0.455 e. The molecule has 1 atom stereocenters. The Labute approximate surface area is 197 Å². The molecule has 0 aromatic rings. The SMILES string of the molecule is CC(C)(C)OC(=O)C(OCCCC(F)(F)C(F)(F)S(=O)(=O)O)(OC(=O)C1CCCCC1)C(F)(F)F. The van der Waals surface area contributed by atoms with Gasteiger partial charge in [-0.05, 0) is 40.0 Å². The van der Waals surface area contributed by atoms with E-state index < -0.39 is 76.2 Å². The summed E-state index contributed by atoms with van der Waals surface area (Å²) in [6.45, 7) is 2.06. The molecular weight excluding hydrogens is 521 g/mol. The first kappa shape index (κ1) is 31.4. The summed E-state index contributed by atoms with van der Waals surface area (Å²) in [7, 11) is -6.56. The fourth-order valence-corrected chi connectivity index (χ4v) is 3.62. The second-order valence-electron chi connectivity index (χ2n) is 9.02. The van der Waals surface area contributed by atoms with Gasteiger partial charge in [0.2, 0.25) is 0 Å². The molecule has 1 aliphatic rings. The lowest BCUT2D eigenvalue weighted by atomic mass is 9.89. The van der Waals surface area contributed by atoms with Crippen molar-refractivity contribution in [1.82, 2.24) is 0 Å². The first-order chi connectivity index (χ1) is 15.6. The molecule has 0 spiro atoms. The minimum atomic E-state index is -6.56. The van der Waals surface area contributed by atoms with E-state index in [1.165, 1.54) is 20.8 Å². The molecule has 1 unspecified atom stereocenters. The van der Waals surface area contributed by atoms with Crippen molar-refractivity contribution in [2.75, 3.05) is 6.61 Å². The molecule has 0 aromatic heterocycles. The van der Waals surface area contributed by atoms with Crippen LogP contribution in [0.5, 0.6) is 0 Å². The van der Waals surface area contributed by atoms with E-state index in [-0.39, 0.29) is 12.8 Å². The summed E-state index contributed by atoms with van der Waals surface area (Å²) in [5, 5.41) is -5.94. The predicted octanol–water partition coefficient (Wildman–Crippen LogP) is 4.62. The van der Waals surface area contributed by atoms with Crippen molar-refractivity contribution in [3.05, 3.63) is 0 Å². The number of halogens is 7. The van der Waals surface area contributed by atoms with Crippen LogP contribution in [-0.2, 0) is 33.9 Å². The standard InChI is InChI=1S/C19H27F7O8S/c1-15(2,3)34-14(28)17(18(22,23)24,33-13(27)12-8-5-4-6-9-12)32-11-7-10-16(20,21)19(25,26)35(29,30)31/h12H,4-11H2,1-3H3,(H,29,30,31). The lowest BCUT2D eigenvalue weighted by molar-refractivity contribution is -0.359. The van der Waals surface area contributed by atoms with Crippen LogP contribution in [0.25, 0.3) is 0 Å². The van der Waals surface area contributed by atoms with Crippen molar-refractivity contribution in [3.8, 4) is 0 Å². The lowest BCUT2D eigenvalue weighted by Gasteiger charge is -2.36. The lowest BCUT2D eigenvalue weighted by Crippen LogP contribution is -2.60. The molecule has 206 valence electrons. The van der Waals surface area contributed by atoms with Crippen LogP contribution < -0.4 is 0 Å². The Morgan fingerprint density at radius 3 is 1.86 bits per heavy atom. The molecule has 0 aromatic carbocycles. The molecule has 0 amide bonds. The molecule has 0 bridgehead atoms. The van der Waals surface area contributed by atoms with Crippen LogP contribution in [0.3, 0.4) is 0 Å². The highest BCUT2D eigenvalue weighted by molar-refractivity contribution is 7.87. The predicted molar refractivity (Wildman–Crippen MR) is 104 cm³/mol. The Hall–Kier alpha value is -1.68. The summed E-state index contributed by atoms with van der Waals surface area (Å²) in [5.74, 6) is -14.5. The minimum absolute atomic E-state index is 0.165. The van der Waals surface area contributed by atoms with Gasteiger partial charge >= 0.3 is 45.2 Å². The van der Waals surface area contributed by atoms with Crippen LogP contribution in [0.1, 0.15) is 65.7 Å².